The van der Waals surface area contributed by atoms with E-state index in [0.29, 0.717) is 47.0 Å². The van der Waals surface area contributed by atoms with E-state index in [-0.39, 0.29) is 5.56 Å². The first-order valence-corrected chi connectivity index (χ1v) is 7.48. The second-order valence-corrected chi connectivity index (χ2v) is 5.33. The lowest BCUT2D eigenvalue weighted by molar-refractivity contribution is -0.254. The van der Waals surface area contributed by atoms with Gasteiger partial charge in [0.05, 0.1) is 17.2 Å². The number of nitrogens with one attached hydrogen (secondary N) is 1. The lowest BCUT2D eigenvalue weighted by Crippen LogP contribution is -2.23. The molecule has 0 bridgehead atoms. The minimum atomic E-state index is -1.28. The summed E-state index contributed by atoms with van der Waals surface area (Å²) >= 11 is 0. The molecule has 0 saturated carbocycles. The predicted molar refractivity (Wildman–Crippen MR) is 86.8 cm³/mol. The van der Waals surface area contributed by atoms with E-state index in [9.17, 15) is 9.90 Å². The summed E-state index contributed by atoms with van der Waals surface area (Å²) in [4.78, 5) is 15.6. The molecule has 6 nitrogen and oxygen atoms in total. The van der Waals surface area contributed by atoms with E-state index in [4.69, 9.17) is 9.47 Å². The van der Waals surface area contributed by atoms with Gasteiger partial charge in [-0.3, -0.25) is 4.98 Å². The molecule has 1 N–H and O–H groups in total. The number of benzene rings is 2. The maximum absolute atomic E-state index is 11.5. The topological polar surface area (TPSA) is 83.5 Å². The van der Waals surface area contributed by atoms with Gasteiger partial charge in [-0.25, -0.2) is 0 Å². The first kappa shape index (κ1) is 14.3. The minimum Gasteiger partial charge on any atom is -0.545 e. The minimum absolute atomic E-state index is 0.00332. The molecule has 1 aliphatic rings. The van der Waals surface area contributed by atoms with Gasteiger partial charge in [-0.2, -0.15) is 0 Å². The summed E-state index contributed by atoms with van der Waals surface area (Å²) in [5.74, 6) is 0.0134. The third kappa shape index (κ3) is 2.48. The van der Waals surface area contributed by atoms with E-state index in [1.807, 2.05) is 30.3 Å². The fourth-order valence-electron chi connectivity index (χ4n) is 2.70. The molecule has 2 aromatic carbocycles. The van der Waals surface area contributed by atoms with Crippen LogP contribution in [0.1, 0.15) is 10.4 Å². The Kier molecular flexibility index (Phi) is 3.42. The SMILES string of the molecule is O=C([O-])c1cnc2ccccc2c1Nc1ccc2c(c1)OCCO2. The molecule has 2 heterocycles. The average Bonchev–Trinajstić information content (AvgIpc) is 2.61. The van der Waals surface area contributed by atoms with Gasteiger partial charge in [0.25, 0.3) is 0 Å². The Morgan fingerprint density at radius 1 is 1.08 bits per heavy atom. The monoisotopic (exact) mass is 321 g/mol. The lowest BCUT2D eigenvalue weighted by atomic mass is 10.1. The van der Waals surface area contributed by atoms with Gasteiger partial charge in [0.2, 0.25) is 0 Å². The molecule has 0 spiro atoms. The summed E-state index contributed by atoms with van der Waals surface area (Å²) in [7, 11) is 0. The van der Waals surface area contributed by atoms with E-state index < -0.39 is 5.97 Å². The van der Waals surface area contributed by atoms with Crippen LogP contribution in [0.3, 0.4) is 0 Å². The fourth-order valence-corrected chi connectivity index (χ4v) is 2.70. The smallest absolute Gasteiger partial charge is 0.163 e. The number of carbonyl (C=O) groups is 1. The summed E-state index contributed by atoms with van der Waals surface area (Å²) in [5, 5.41) is 15.3. The van der Waals surface area contributed by atoms with Crippen molar-refractivity contribution in [2.45, 2.75) is 0 Å². The van der Waals surface area contributed by atoms with Crippen LogP contribution in [0, 0.1) is 0 Å². The number of aromatic carboxylic acids is 1. The van der Waals surface area contributed by atoms with Crippen molar-refractivity contribution < 1.29 is 19.4 Å². The number of rotatable bonds is 3. The molecule has 1 aromatic heterocycles. The number of hydrogen-bond donors (Lipinski definition) is 1. The average molecular weight is 321 g/mol. The Balaban J connectivity index is 1.81. The van der Waals surface area contributed by atoms with E-state index >= 15 is 0 Å². The second kappa shape index (κ2) is 5.73. The molecule has 4 rings (SSSR count). The molecule has 0 saturated heterocycles. The van der Waals surface area contributed by atoms with Crippen LogP contribution in [0.25, 0.3) is 10.9 Å². The number of fused-ring (bicyclic) bond motifs is 2. The van der Waals surface area contributed by atoms with Crippen LogP contribution in [0.5, 0.6) is 11.5 Å². The zero-order valence-corrected chi connectivity index (χ0v) is 12.6. The van der Waals surface area contributed by atoms with Crippen molar-refractivity contribution in [2.75, 3.05) is 18.5 Å². The van der Waals surface area contributed by atoms with E-state index in [0.717, 1.165) is 0 Å². The van der Waals surface area contributed by atoms with Crippen molar-refractivity contribution in [1.82, 2.24) is 4.98 Å². The zero-order chi connectivity index (χ0) is 16.5. The highest BCUT2D eigenvalue weighted by atomic mass is 16.6. The van der Waals surface area contributed by atoms with Gasteiger partial charge in [-0.1, -0.05) is 18.2 Å². The van der Waals surface area contributed by atoms with Crippen molar-refractivity contribution in [3.8, 4) is 11.5 Å². The number of carbonyl (C=O) groups excluding carboxylic acids is 1. The highest BCUT2D eigenvalue weighted by molar-refractivity contribution is 6.04. The maximum atomic E-state index is 11.5. The van der Waals surface area contributed by atoms with Gasteiger partial charge in [-0.05, 0) is 18.2 Å². The van der Waals surface area contributed by atoms with Crippen molar-refractivity contribution in [3.05, 3.63) is 54.2 Å². The summed E-state index contributed by atoms with van der Waals surface area (Å²) in [6.07, 6.45) is 1.30. The zero-order valence-electron chi connectivity index (χ0n) is 12.6. The van der Waals surface area contributed by atoms with Crippen LogP contribution in [0.4, 0.5) is 11.4 Å². The second-order valence-electron chi connectivity index (χ2n) is 5.33. The normalized spacial score (nSPS) is 12.8. The Labute approximate surface area is 137 Å². The van der Waals surface area contributed by atoms with Crippen LogP contribution in [-0.4, -0.2) is 24.2 Å². The molecule has 0 amide bonds. The number of nitrogens with zero attached hydrogens (tertiary/aromatic N) is 1. The van der Waals surface area contributed by atoms with Gasteiger partial charge in [-0.15, -0.1) is 0 Å². The van der Waals surface area contributed by atoms with Crippen molar-refractivity contribution in [1.29, 1.82) is 0 Å². The first-order valence-electron chi connectivity index (χ1n) is 7.48. The number of ether oxygens (including phenoxy) is 2. The predicted octanol–water partition coefficient (Wildman–Crippen LogP) is 2.11. The molecule has 0 fully saturated rings. The molecule has 3 aromatic rings. The number of carboxylic acid groups (broad SMARTS) is 1. The molecular weight excluding hydrogens is 308 g/mol. The summed E-state index contributed by atoms with van der Waals surface area (Å²) < 4.78 is 11.1. The number of pyridine rings is 1. The fraction of sp³-hybridized carbons (Fsp3) is 0.111. The molecule has 1 aliphatic heterocycles. The lowest BCUT2D eigenvalue weighted by Gasteiger charge is -2.20. The number of anilines is 2. The van der Waals surface area contributed by atoms with Gasteiger partial charge >= 0.3 is 0 Å². The Morgan fingerprint density at radius 3 is 2.71 bits per heavy atom. The van der Waals surface area contributed by atoms with Crippen molar-refractivity contribution in [3.63, 3.8) is 0 Å². The number of aromatic nitrogens is 1. The third-order valence-corrected chi connectivity index (χ3v) is 3.81. The number of hydrogen-bond acceptors (Lipinski definition) is 6. The molecule has 0 unspecified atom stereocenters. The summed E-state index contributed by atoms with van der Waals surface area (Å²) in [6.45, 7) is 1.00. The van der Waals surface area contributed by atoms with E-state index in [1.165, 1.54) is 6.20 Å². The van der Waals surface area contributed by atoms with Gasteiger partial charge in [0, 0.05) is 28.9 Å². The van der Waals surface area contributed by atoms with Crippen LogP contribution in [-0.2, 0) is 0 Å². The largest absolute Gasteiger partial charge is 0.545 e. The van der Waals surface area contributed by atoms with E-state index in [2.05, 4.69) is 10.3 Å². The van der Waals surface area contributed by atoms with E-state index in [1.54, 1.807) is 12.1 Å². The Morgan fingerprint density at radius 2 is 1.88 bits per heavy atom. The van der Waals surface area contributed by atoms with Crippen LogP contribution >= 0.6 is 0 Å². The standard InChI is InChI=1S/C18H14N2O4/c21-18(22)13-10-19-14-4-2-1-3-12(14)17(13)20-11-5-6-15-16(9-11)24-8-7-23-15/h1-6,9-10H,7-8H2,(H,19,20)(H,21,22)/p-1. The molecule has 24 heavy (non-hydrogen) atoms. The Hall–Kier alpha value is -3.28. The van der Waals surface area contributed by atoms with Gasteiger partial charge < -0.3 is 24.7 Å². The maximum Gasteiger partial charge on any atom is 0.163 e. The summed E-state index contributed by atoms with van der Waals surface area (Å²) in [6, 6.07) is 12.7. The van der Waals surface area contributed by atoms with Gasteiger partial charge in [0.15, 0.2) is 11.5 Å². The molecule has 6 heteroatoms. The Bertz CT molecular complexity index is 939. The molecule has 0 radical (unpaired) electrons. The number of para-hydroxylation sites is 1. The first-order chi connectivity index (χ1) is 11.7. The van der Waals surface area contributed by atoms with Gasteiger partial charge in [0.1, 0.15) is 13.2 Å². The third-order valence-electron chi connectivity index (χ3n) is 3.81. The highest BCUT2D eigenvalue weighted by Gasteiger charge is 2.14. The molecule has 0 atom stereocenters. The molecule has 120 valence electrons. The molecule has 0 aliphatic carbocycles. The molecular formula is C18H13N2O4-. The quantitative estimate of drug-likeness (QED) is 0.795. The number of carboxylic acids is 1. The highest BCUT2D eigenvalue weighted by Crippen LogP contribution is 2.35. The van der Waals surface area contributed by atoms with Crippen LogP contribution in [0.2, 0.25) is 0 Å². The van der Waals surface area contributed by atoms with Crippen molar-refractivity contribution in [2.24, 2.45) is 0 Å². The van der Waals surface area contributed by atoms with Crippen LogP contribution in [0.15, 0.2) is 48.7 Å². The summed E-state index contributed by atoms with van der Waals surface area (Å²) in [5.41, 5.74) is 1.83. The van der Waals surface area contributed by atoms with Crippen LogP contribution < -0.4 is 19.9 Å². The van der Waals surface area contributed by atoms with Crippen molar-refractivity contribution >= 4 is 28.2 Å².